The van der Waals surface area contributed by atoms with Gasteiger partial charge < -0.3 is 9.64 Å². The van der Waals surface area contributed by atoms with E-state index in [1.165, 1.54) is 0 Å². The summed E-state index contributed by atoms with van der Waals surface area (Å²) in [7, 11) is 0. The quantitative estimate of drug-likeness (QED) is 0.784. The highest BCUT2D eigenvalue weighted by Crippen LogP contribution is 2.39. The van der Waals surface area contributed by atoms with Crippen LogP contribution in [-0.4, -0.2) is 35.6 Å². The molecule has 4 heteroatoms. The zero-order chi connectivity index (χ0) is 13.7. The third-order valence-electron chi connectivity index (χ3n) is 4.27. The Balaban J connectivity index is 1.90. The van der Waals surface area contributed by atoms with Crippen molar-refractivity contribution in [2.75, 3.05) is 13.1 Å². The fraction of sp³-hybridized carbons (Fsp3) is 0.867. The van der Waals surface area contributed by atoms with Crippen LogP contribution in [0.2, 0.25) is 0 Å². The van der Waals surface area contributed by atoms with Crippen LogP contribution in [0.25, 0.3) is 0 Å². The first-order valence-corrected chi connectivity index (χ1v) is 7.51. The molecule has 0 aromatic carbocycles. The molecule has 4 nitrogen and oxygen atoms in total. The molecule has 2 aliphatic rings. The summed E-state index contributed by atoms with van der Waals surface area (Å²) in [4.78, 5) is 14.0. The summed E-state index contributed by atoms with van der Waals surface area (Å²) in [5.41, 5.74) is -0.109. The van der Waals surface area contributed by atoms with Gasteiger partial charge in [0.2, 0.25) is 5.91 Å². The maximum atomic E-state index is 12.0. The Bertz CT molecular complexity index is 364. The second-order valence-corrected chi connectivity index (χ2v) is 5.83. The van der Waals surface area contributed by atoms with Crippen molar-refractivity contribution in [3.8, 4) is 6.07 Å². The lowest BCUT2D eigenvalue weighted by Crippen LogP contribution is -2.50. The number of nitrogens with zero attached hydrogens (tertiary/aromatic N) is 2. The predicted octanol–water partition coefficient (Wildman–Crippen LogP) is 2.63. The van der Waals surface area contributed by atoms with E-state index in [0.29, 0.717) is 12.8 Å². The SMILES string of the molecule is CCCC(=O)N1CCC[C@]2(CC[C@@H](CCC#N)O2)C1. The number of carbonyl (C=O) groups excluding carboxylic acids is 1. The molecule has 0 aromatic rings. The lowest BCUT2D eigenvalue weighted by molar-refractivity contribution is -0.142. The number of piperidine rings is 1. The van der Waals surface area contributed by atoms with E-state index in [0.717, 1.165) is 51.6 Å². The maximum Gasteiger partial charge on any atom is 0.222 e. The zero-order valence-corrected chi connectivity index (χ0v) is 11.9. The topological polar surface area (TPSA) is 53.3 Å². The van der Waals surface area contributed by atoms with E-state index >= 15 is 0 Å². The minimum atomic E-state index is -0.109. The monoisotopic (exact) mass is 264 g/mol. The van der Waals surface area contributed by atoms with Crippen molar-refractivity contribution in [2.45, 2.75) is 70.0 Å². The molecule has 1 spiro atoms. The van der Waals surface area contributed by atoms with Gasteiger partial charge >= 0.3 is 0 Å². The molecule has 2 atom stereocenters. The molecule has 0 bridgehead atoms. The van der Waals surface area contributed by atoms with Crippen LogP contribution in [-0.2, 0) is 9.53 Å². The highest BCUT2D eigenvalue weighted by molar-refractivity contribution is 5.76. The Labute approximate surface area is 115 Å². The number of hydrogen-bond acceptors (Lipinski definition) is 3. The lowest BCUT2D eigenvalue weighted by Gasteiger charge is -2.40. The van der Waals surface area contributed by atoms with Crippen LogP contribution in [0.5, 0.6) is 0 Å². The van der Waals surface area contributed by atoms with E-state index in [4.69, 9.17) is 10.00 Å². The molecular formula is C15H24N2O2. The normalized spacial score (nSPS) is 30.5. The highest BCUT2D eigenvalue weighted by atomic mass is 16.5. The van der Waals surface area contributed by atoms with E-state index in [2.05, 4.69) is 6.07 Å². The van der Waals surface area contributed by atoms with Gasteiger partial charge in [-0.15, -0.1) is 0 Å². The molecule has 2 aliphatic heterocycles. The Morgan fingerprint density at radius 3 is 3.11 bits per heavy atom. The number of carbonyl (C=O) groups is 1. The van der Waals surface area contributed by atoms with Crippen molar-refractivity contribution in [3.63, 3.8) is 0 Å². The number of ether oxygens (including phenoxy) is 1. The first-order valence-electron chi connectivity index (χ1n) is 7.51. The van der Waals surface area contributed by atoms with Gasteiger partial charge in [-0.3, -0.25) is 4.79 Å². The highest BCUT2D eigenvalue weighted by Gasteiger charge is 2.43. The summed E-state index contributed by atoms with van der Waals surface area (Å²) in [5.74, 6) is 0.269. The van der Waals surface area contributed by atoms with E-state index < -0.39 is 0 Å². The molecule has 106 valence electrons. The first-order chi connectivity index (χ1) is 9.19. The molecule has 0 aliphatic carbocycles. The number of amides is 1. The average molecular weight is 264 g/mol. The molecular weight excluding hydrogens is 240 g/mol. The van der Waals surface area contributed by atoms with Gasteiger partial charge in [0.05, 0.1) is 17.8 Å². The first kappa shape index (κ1) is 14.3. The minimum absolute atomic E-state index is 0.109. The van der Waals surface area contributed by atoms with E-state index in [9.17, 15) is 4.79 Å². The summed E-state index contributed by atoms with van der Waals surface area (Å²) in [6.45, 7) is 3.68. The lowest BCUT2D eigenvalue weighted by atomic mass is 9.89. The number of rotatable bonds is 4. The zero-order valence-electron chi connectivity index (χ0n) is 11.9. The molecule has 0 radical (unpaired) electrons. The molecule has 0 saturated carbocycles. The smallest absolute Gasteiger partial charge is 0.222 e. The summed E-state index contributed by atoms with van der Waals surface area (Å²) in [5, 5.41) is 8.64. The van der Waals surface area contributed by atoms with Gasteiger partial charge in [-0.25, -0.2) is 0 Å². The van der Waals surface area contributed by atoms with Crippen molar-refractivity contribution >= 4 is 5.91 Å². The van der Waals surface area contributed by atoms with Gasteiger partial charge in [-0.1, -0.05) is 6.92 Å². The molecule has 0 unspecified atom stereocenters. The second-order valence-electron chi connectivity index (χ2n) is 5.83. The molecule has 2 saturated heterocycles. The van der Waals surface area contributed by atoms with Crippen LogP contribution in [0.3, 0.4) is 0 Å². The Morgan fingerprint density at radius 1 is 1.53 bits per heavy atom. The van der Waals surface area contributed by atoms with Gasteiger partial charge in [-0.2, -0.15) is 5.26 Å². The van der Waals surface area contributed by atoms with E-state index in [1.807, 2.05) is 11.8 Å². The summed E-state index contributed by atoms with van der Waals surface area (Å²) < 4.78 is 6.21. The molecule has 1 amide bonds. The van der Waals surface area contributed by atoms with Crippen molar-refractivity contribution in [3.05, 3.63) is 0 Å². The molecule has 2 heterocycles. The largest absolute Gasteiger partial charge is 0.370 e. The van der Waals surface area contributed by atoms with Crippen molar-refractivity contribution in [1.29, 1.82) is 5.26 Å². The van der Waals surface area contributed by atoms with Crippen molar-refractivity contribution in [1.82, 2.24) is 4.90 Å². The third-order valence-corrected chi connectivity index (χ3v) is 4.27. The Kier molecular flexibility index (Phi) is 4.81. The van der Waals surface area contributed by atoms with Crippen LogP contribution in [0.4, 0.5) is 0 Å². The molecule has 0 aromatic heterocycles. The predicted molar refractivity (Wildman–Crippen MR) is 72.4 cm³/mol. The number of hydrogen-bond donors (Lipinski definition) is 0. The maximum absolute atomic E-state index is 12.0. The van der Waals surface area contributed by atoms with Gasteiger partial charge in [0.15, 0.2) is 0 Å². The fourth-order valence-electron chi connectivity index (χ4n) is 3.31. The van der Waals surface area contributed by atoms with Crippen molar-refractivity contribution < 1.29 is 9.53 Å². The van der Waals surface area contributed by atoms with Gasteiger partial charge in [0, 0.05) is 25.9 Å². The van der Waals surface area contributed by atoms with Crippen LogP contribution in [0, 0.1) is 11.3 Å². The number of nitriles is 1. The molecule has 2 rings (SSSR count). The Hall–Kier alpha value is -1.08. The van der Waals surface area contributed by atoms with Gasteiger partial charge in [0.1, 0.15) is 0 Å². The van der Waals surface area contributed by atoms with Crippen LogP contribution in [0.15, 0.2) is 0 Å². The Morgan fingerprint density at radius 2 is 2.37 bits per heavy atom. The summed E-state index contributed by atoms with van der Waals surface area (Å²) in [6.07, 6.45) is 7.37. The molecule has 19 heavy (non-hydrogen) atoms. The average Bonchev–Trinajstić information content (AvgIpc) is 2.79. The minimum Gasteiger partial charge on any atom is -0.370 e. The van der Waals surface area contributed by atoms with Crippen LogP contribution in [0.1, 0.15) is 58.3 Å². The van der Waals surface area contributed by atoms with Crippen LogP contribution >= 0.6 is 0 Å². The molecule has 0 N–H and O–H groups in total. The van der Waals surface area contributed by atoms with Crippen molar-refractivity contribution in [2.24, 2.45) is 0 Å². The van der Waals surface area contributed by atoms with Crippen LogP contribution < -0.4 is 0 Å². The van der Waals surface area contributed by atoms with E-state index in [1.54, 1.807) is 0 Å². The number of likely N-dealkylation sites (tertiary alicyclic amines) is 1. The summed E-state index contributed by atoms with van der Waals surface area (Å²) >= 11 is 0. The third kappa shape index (κ3) is 3.48. The van der Waals surface area contributed by atoms with Gasteiger partial charge in [0.25, 0.3) is 0 Å². The summed E-state index contributed by atoms with van der Waals surface area (Å²) in [6, 6.07) is 2.19. The fourth-order valence-corrected chi connectivity index (χ4v) is 3.31. The second kappa shape index (κ2) is 6.38. The molecule has 2 fully saturated rings. The standard InChI is InChI=1S/C15H24N2O2/c1-2-5-14(18)17-11-4-8-15(12-17)9-7-13(19-15)6-3-10-16/h13H,2-9,11-12H2,1H3/t13-,15+/m1/s1. The van der Waals surface area contributed by atoms with Gasteiger partial charge in [-0.05, 0) is 38.5 Å². The van der Waals surface area contributed by atoms with E-state index in [-0.39, 0.29) is 17.6 Å².